The quantitative estimate of drug-likeness (QED) is 0.751. The van der Waals surface area contributed by atoms with E-state index in [4.69, 9.17) is 9.47 Å². The number of hydrogen-bond acceptors (Lipinski definition) is 3. The number of benzene rings is 1. The van der Waals surface area contributed by atoms with Crippen LogP contribution >= 0.6 is 0 Å². The SMILES string of the molecule is CCOc1ccccc1C(=O)C1OCCC1C. The first-order valence-electron chi connectivity index (χ1n) is 6.11. The smallest absolute Gasteiger partial charge is 0.195 e. The van der Waals surface area contributed by atoms with Gasteiger partial charge in [-0.05, 0) is 31.4 Å². The van der Waals surface area contributed by atoms with Crippen molar-refractivity contribution >= 4 is 5.78 Å². The molecule has 2 unspecified atom stereocenters. The van der Waals surface area contributed by atoms with Crippen molar-refractivity contribution in [3.63, 3.8) is 0 Å². The van der Waals surface area contributed by atoms with Gasteiger partial charge in [-0.2, -0.15) is 0 Å². The van der Waals surface area contributed by atoms with Crippen molar-refractivity contribution < 1.29 is 14.3 Å². The molecule has 1 aliphatic rings. The maximum atomic E-state index is 12.3. The summed E-state index contributed by atoms with van der Waals surface area (Å²) < 4.78 is 11.0. The highest BCUT2D eigenvalue weighted by molar-refractivity contribution is 6.02. The molecule has 1 aromatic rings. The fourth-order valence-corrected chi connectivity index (χ4v) is 2.14. The van der Waals surface area contributed by atoms with Crippen molar-refractivity contribution in [2.45, 2.75) is 26.4 Å². The number of ketones is 1. The van der Waals surface area contributed by atoms with Gasteiger partial charge in [0.1, 0.15) is 11.9 Å². The Labute approximate surface area is 102 Å². The van der Waals surface area contributed by atoms with Crippen LogP contribution in [0.5, 0.6) is 5.75 Å². The van der Waals surface area contributed by atoms with Gasteiger partial charge >= 0.3 is 0 Å². The van der Waals surface area contributed by atoms with Crippen LogP contribution in [0.2, 0.25) is 0 Å². The predicted molar refractivity (Wildman–Crippen MR) is 65.5 cm³/mol. The standard InChI is InChI=1S/C14H18O3/c1-3-16-12-7-5-4-6-11(12)13(15)14-10(2)8-9-17-14/h4-7,10,14H,3,8-9H2,1-2H3. The monoisotopic (exact) mass is 234 g/mol. The lowest BCUT2D eigenvalue weighted by molar-refractivity contribution is 0.0576. The summed E-state index contributed by atoms with van der Waals surface area (Å²) in [6.07, 6.45) is 0.643. The number of para-hydroxylation sites is 1. The average molecular weight is 234 g/mol. The van der Waals surface area contributed by atoms with Gasteiger partial charge in [-0.25, -0.2) is 0 Å². The molecule has 1 fully saturated rings. The maximum Gasteiger partial charge on any atom is 0.195 e. The van der Waals surface area contributed by atoms with Crippen molar-refractivity contribution in [3.05, 3.63) is 29.8 Å². The van der Waals surface area contributed by atoms with Crippen LogP contribution in [0.3, 0.4) is 0 Å². The van der Waals surface area contributed by atoms with Crippen molar-refractivity contribution in [2.24, 2.45) is 5.92 Å². The van der Waals surface area contributed by atoms with Gasteiger partial charge in [0, 0.05) is 6.61 Å². The lowest BCUT2D eigenvalue weighted by atomic mass is 9.96. The van der Waals surface area contributed by atoms with E-state index in [1.54, 1.807) is 0 Å². The molecule has 3 nitrogen and oxygen atoms in total. The molecule has 0 amide bonds. The van der Waals surface area contributed by atoms with Gasteiger partial charge in [0.25, 0.3) is 0 Å². The van der Waals surface area contributed by atoms with E-state index in [1.807, 2.05) is 31.2 Å². The number of carbonyl (C=O) groups excluding carboxylic acids is 1. The van der Waals surface area contributed by atoms with E-state index in [0.29, 0.717) is 24.5 Å². The molecule has 92 valence electrons. The zero-order valence-corrected chi connectivity index (χ0v) is 10.3. The molecule has 0 spiro atoms. The van der Waals surface area contributed by atoms with Gasteiger partial charge in [-0.1, -0.05) is 19.1 Å². The van der Waals surface area contributed by atoms with Gasteiger partial charge in [0.05, 0.1) is 12.2 Å². The molecule has 3 heteroatoms. The molecule has 0 radical (unpaired) electrons. The summed E-state index contributed by atoms with van der Waals surface area (Å²) in [5.41, 5.74) is 0.632. The number of ether oxygens (including phenoxy) is 2. The van der Waals surface area contributed by atoms with Crippen molar-refractivity contribution in [2.75, 3.05) is 13.2 Å². The van der Waals surface area contributed by atoms with E-state index < -0.39 is 0 Å². The minimum absolute atomic E-state index is 0.0408. The van der Waals surface area contributed by atoms with Crippen LogP contribution in [-0.4, -0.2) is 25.1 Å². The minimum atomic E-state index is -0.309. The Hall–Kier alpha value is -1.35. The predicted octanol–water partition coefficient (Wildman–Crippen LogP) is 2.69. The molecule has 0 saturated carbocycles. The Kier molecular flexibility index (Phi) is 3.79. The first-order valence-corrected chi connectivity index (χ1v) is 6.11. The average Bonchev–Trinajstić information content (AvgIpc) is 2.76. The summed E-state index contributed by atoms with van der Waals surface area (Å²) in [5.74, 6) is 0.985. The molecule has 0 bridgehead atoms. The molecule has 1 heterocycles. The first-order chi connectivity index (χ1) is 8.24. The Morgan fingerprint density at radius 2 is 2.24 bits per heavy atom. The van der Waals surface area contributed by atoms with Crippen LogP contribution in [0.25, 0.3) is 0 Å². The molecule has 17 heavy (non-hydrogen) atoms. The third-order valence-corrected chi connectivity index (χ3v) is 3.10. The van der Waals surface area contributed by atoms with E-state index in [2.05, 4.69) is 6.92 Å². The van der Waals surface area contributed by atoms with Gasteiger partial charge in [0.2, 0.25) is 0 Å². The largest absolute Gasteiger partial charge is 0.493 e. The summed E-state index contributed by atoms with van der Waals surface area (Å²) in [7, 11) is 0. The van der Waals surface area contributed by atoms with Gasteiger partial charge in [-0.15, -0.1) is 0 Å². The highest BCUT2D eigenvalue weighted by Crippen LogP contribution is 2.27. The van der Waals surface area contributed by atoms with E-state index in [1.165, 1.54) is 0 Å². The fraction of sp³-hybridized carbons (Fsp3) is 0.500. The summed E-state index contributed by atoms with van der Waals surface area (Å²) >= 11 is 0. The summed E-state index contributed by atoms with van der Waals surface area (Å²) in [5, 5.41) is 0. The number of Topliss-reactive ketones (excluding diaryl/α,β-unsaturated/α-hetero) is 1. The third-order valence-electron chi connectivity index (χ3n) is 3.10. The zero-order valence-electron chi connectivity index (χ0n) is 10.3. The Morgan fingerprint density at radius 1 is 1.47 bits per heavy atom. The van der Waals surface area contributed by atoms with E-state index in [0.717, 1.165) is 6.42 Å². The van der Waals surface area contributed by atoms with E-state index >= 15 is 0 Å². The lowest BCUT2D eigenvalue weighted by Crippen LogP contribution is -2.25. The van der Waals surface area contributed by atoms with Gasteiger partial charge in [-0.3, -0.25) is 4.79 Å². The lowest BCUT2D eigenvalue weighted by Gasteiger charge is -2.15. The molecule has 1 saturated heterocycles. The highest BCUT2D eigenvalue weighted by Gasteiger charge is 2.32. The third kappa shape index (κ3) is 2.50. The van der Waals surface area contributed by atoms with E-state index in [-0.39, 0.29) is 17.8 Å². The molecular weight excluding hydrogens is 216 g/mol. The maximum absolute atomic E-state index is 12.3. The van der Waals surface area contributed by atoms with Gasteiger partial charge < -0.3 is 9.47 Å². The van der Waals surface area contributed by atoms with E-state index in [9.17, 15) is 4.79 Å². The van der Waals surface area contributed by atoms with Crippen LogP contribution in [0.15, 0.2) is 24.3 Å². The Balaban J connectivity index is 2.23. The molecule has 0 aromatic heterocycles. The molecular formula is C14H18O3. The van der Waals surface area contributed by atoms with Crippen LogP contribution in [-0.2, 0) is 4.74 Å². The van der Waals surface area contributed by atoms with Crippen molar-refractivity contribution in [1.29, 1.82) is 0 Å². The Morgan fingerprint density at radius 3 is 2.88 bits per heavy atom. The van der Waals surface area contributed by atoms with Crippen LogP contribution in [0, 0.1) is 5.92 Å². The first kappa shape index (κ1) is 12.1. The van der Waals surface area contributed by atoms with Crippen molar-refractivity contribution in [3.8, 4) is 5.75 Å². The summed E-state index contributed by atoms with van der Waals surface area (Å²) in [4.78, 5) is 12.3. The number of hydrogen-bond donors (Lipinski definition) is 0. The molecule has 2 rings (SSSR count). The molecule has 1 aromatic carbocycles. The summed E-state index contributed by atoms with van der Waals surface area (Å²) in [6.45, 7) is 5.20. The Bertz CT molecular complexity index is 400. The second-order valence-corrected chi connectivity index (χ2v) is 4.35. The van der Waals surface area contributed by atoms with Crippen LogP contribution < -0.4 is 4.74 Å². The molecule has 0 aliphatic carbocycles. The molecule has 2 atom stereocenters. The number of carbonyl (C=O) groups is 1. The van der Waals surface area contributed by atoms with Crippen LogP contribution in [0.1, 0.15) is 30.6 Å². The molecule has 0 N–H and O–H groups in total. The van der Waals surface area contributed by atoms with Gasteiger partial charge in [0.15, 0.2) is 5.78 Å². The summed E-state index contributed by atoms with van der Waals surface area (Å²) in [6, 6.07) is 7.37. The van der Waals surface area contributed by atoms with Crippen LogP contribution in [0.4, 0.5) is 0 Å². The second-order valence-electron chi connectivity index (χ2n) is 4.35. The minimum Gasteiger partial charge on any atom is -0.493 e. The zero-order chi connectivity index (χ0) is 12.3. The highest BCUT2D eigenvalue weighted by atomic mass is 16.5. The second kappa shape index (κ2) is 5.32. The molecule has 1 aliphatic heterocycles. The normalized spacial score (nSPS) is 23.6. The number of rotatable bonds is 4. The fourth-order valence-electron chi connectivity index (χ4n) is 2.14. The van der Waals surface area contributed by atoms with Crippen molar-refractivity contribution in [1.82, 2.24) is 0 Å². The topological polar surface area (TPSA) is 35.5 Å².